The van der Waals surface area contributed by atoms with Gasteiger partial charge in [-0.3, -0.25) is 4.57 Å². The zero-order chi connectivity index (χ0) is 51.1. The molecular formula is C67H72N4O. The average molecular weight is 949 g/mol. The van der Waals surface area contributed by atoms with Gasteiger partial charge in [0.15, 0.2) is 0 Å². The van der Waals surface area contributed by atoms with Gasteiger partial charge in [0.05, 0.1) is 22.4 Å². The molecule has 10 rings (SSSR count). The van der Waals surface area contributed by atoms with Gasteiger partial charge >= 0.3 is 0 Å². The zero-order valence-electron chi connectivity index (χ0n) is 45.1. The summed E-state index contributed by atoms with van der Waals surface area (Å²) in [4.78, 5) is 10.0. The normalized spacial score (nSPS) is 13.6. The van der Waals surface area contributed by atoms with Gasteiger partial charge in [0.1, 0.15) is 24.0 Å². The number of benzene rings is 7. The number of ether oxygens (including phenoxy) is 1. The molecule has 366 valence electrons. The van der Waals surface area contributed by atoms with Crippen LogP contribution in [0.1, 0.15) is 130 Å². The van der Waals surface area contributed by atoms with Crippen LogP contribution in [0, 0.1) is 0 Å². The Labute approximate surface area is 429 Å². The third-order valence-corrected chi connectivity index (χ3v) is 15.0. The molecule has 1 aliphatic rings. The van der Waals surface area contributed by atoms with Crippen molar-refractivity contribution in [3.8, 4) is 28.4 Å². The van der Waals surface area contributed by atoms with Crippen LogP contribution in [0.2, 0.25) is 0 Å². The smallest absolute Gasteiger partial charge is 0.137 e. The third kappa shape index (κ3) is 9.08. The summed E-state index contributed by atoms with van der Waals surface area (Å²) in [6.07, 6.45) is 1.94. The summed E-state index contributed by atoms with van der Waals surface area (Å²) >= 11 is 0. The fourth-order valence-electron chi connectivity index (χ4n) is 10.6. The van der Waals surface area contributed by atoms with E-state index in [1.54, 1.807) is 0 Å². The average Bonchev–Trinajstić information content (AvgIpc) is 3.88. The zero-order valence-corrected chi connectivity index (χ0v) is 45.1. The Morgan fingerprint density at radius 1 is 0.403 bits per heavy atom. The van der Waals surface area contributed by atoms with E-state index in [-0.39, 0.29) is 27.1 Å². The number of hydrogen-bond donors (Lipinski definition) is 0. The highest BCUT2D eigenvalue weighted by atomic mass is 16.5. The number of aromatic nitrogens is 2. The third-order valence-electron chi connectivity index (χ3n) is 15.0. The van der Waals surface area contributed by atoms with Gasteiger partial charge in [-0.05, 0) is 139 Å². The molecule has 0 aliphatic carbocycles. The van der Waals surface area contributed by atoms with Crippen LogP contribution >= 0.6 is 0 Å². The van der Waals surface area contributed by atoms with Crippen molar-refractivity contribution in [2.75, 3.05) is 16.5 Å². The Balaban J connectivity index is 1.11. The van der Waals surface area contributed by atoms with E-state index in [1.807, 2.05) is 6.20 Å². The van der Waals surface area contributed by atoms with Crippen LogP contribution in [0.4, 0.5) is 22.7 Å². The van der Waals surface area contributed by atoms with Crippen LogP contribution in [0.25, 0.3) is 38.8 Å². The lowest BCUT2D eigenvalue weighted by Crippen LogP contribution is -2.25. The van der Waals surface area contributed by atoms with Gasteiger partial charge in [0.25, 0.3) is 0 Å². The predicted molar refractivity (Wildman–Crippen MR) is 306 cm³/mol. The number of pyridine rings is 1. The summed E-state index contributed by atoms with van der Waals surface area (Å²) in [6.45, 7) is 33.0. The van der Waals surface area contributed by atoms with Crippen LogP contribution < -0.4 is 14.5 Å². The number of nitrogens with zero attached hydrogens (tertiary/aromatic N) is 4. The second-order valence-corrected chi connectivity index (χ2v) is 24.8. The van der Waals surface area contributed by atoms with Crippen molar-refractivity contribution in [1.29, 1.82) is 0 Å². The fraction of sp³-hybridized carbons (Fsp3) is 0.299. The van der Waals surface area contributed by atoms with E-state index in [9.17, 15) is 0 Å². The van der Waals surface area contributed by atoms with Crippen molar-refractivity contribution in [1.82, 2.24) is 9.55 Å². The highest BCUT2D eigenvalue weighted by molar-refractivity contribution is 6.10. The van der Waals surface area contributed by atoms with Gasteiger partial charge in [0, 0.05) is 45.9 Å². The molecule has 72 heavy (non-hydrogen) atoms. The summed E-state index contributed by atoms with van der Waals surface area (Å²) in [6, 6.07) is 60.2. The number of rotatable bonds is 8. The SMILES string of the molecule is CC(C)(C)c1cc(Oc2ccc3c4cc(-c5ccccc5)ccc4n(-c4cc(C(C)(C)C)ccn4)c3c2)cc(N2CN(c3cccc(C(C)(C)c4ccccc4)c3)c3cc(C(C)(C)C)c(C(C)(C)C)cc32)c1. The van der Waals surface area contributed by atoms with E-state index < -0.39 is 0 Å². The molecule has 0 fully saturated rings. The lowest BCUT2D eigenvalue weighted by atomic mass is 9.74. The Morgan fingerprint density at radius 3 is 1.65 bits per heavy atom. The van der Waals surface area contributed by atoms with Crippen LogP contribution in [-0.4, -0.2) is 16.2 Å². The van der Waals surface area contributed by atoms with Gasteiger partial charge in [-0.25, -0.2) is 4.98 Å². The van der Waals surface area contributed by atoms with Crippen LogP contribution in [-0.2, 0) is 27.1 Å². The maximum atomic E-state index is 7.14. The molecule has 0 saturated heterocycles. The second-order valence-electron chi connectivity index (χ2n) is 24.8. The molecular weight excluding hydrogens is 877 g/mol. The van der Waals surface area contributed by atoms with E-state index in [0.717, 1.165) is 39.4 Å². The molecule has 0 amide bonds. The topological polar surface area (TPSA) is 33.5 Å². The summed E-state index contributed by atoms with van der Waals surface area (Å²) in [5.41, 5.74) is 16.4. The minimum absolute atomic E-state index is 0.0413. The first kappa shape index (κ1) is 48.5. The standard InChI is InChI=1S/C67H72N4O/c1-63(2,3)47-32-33-68-62(38-47)71-58-31-28-45(44-22-17-15-18-23-44)34-55(58)54-30-29-52(40-59(54)71)72-53-37-49(64(4,5)6)36-51(39-53)70-43-69(60-41-56(65(7,8)9)57(42-61(60)70)66(10,11)12)50-27-21-26-48(35-50)67(13,14)46-24-19-16-20-25-46/h15-42H,43H2,1-14H3. The minimum Gasteiger partial charge on any atom is -0.457 e. The largest absolute Gasteiger partial charge is 0.457 e. The van der Waals surface area contributed by atoms with Crippen molar-refractivity contribution < 1.29 is 4.74 Å². The molecule has 0 N–H and O–H groups in total. The Kier molecular flexibility index (Phi) is 11.8. The van der Waals surface area contributed by atoms with E-state index in [4.69, 9.17) is 9.72 Å². The molecule has 3 heterocycles. The van der Waals surface area contributed by atoms with Crippen LogP contribution in [0.15, 0.2) is 170 Å². The molecule has 0 bridgehead atoms. The quantitative estimate of drug-likeness (QED) is 0.152. The van der Waals surface area contributed by atoms with Gasteiger partial charge in [-0.15, -0.1) is 0 Å². The highest BCUT2D eigenvalue weighted by Crippen LogP contribution is 2.51. The number of fused-ring (bicyclic) bond motifs is 4. The highest BCUT2D eigenvalue weighted by Gasteiger charge is 2.36. The molecule has 0 saturated carbocycles. The molecule has 1 aliphatic heterocycles. The maximum absolute atomic E-state index is 7.14. The Hall–Kier alpha value is -7.11. The maximum Gasteiger partial charge on any atom is 0.137 e. The van der Waals surface area contributed by atoms with Crippen molar-refractivity contribution in [3.63, 3.8) is 0 Å². The van der Waals surface area contributed by atoms with Crippen molar-refractivity contribution in [2.45, 2.75) is 124 Å². The summed E-state index contributed by atoms with van der Waals surface area (Å²) < 4.78 is 9.45. The van der Waals surface area contributed by atoms with Crippen molar-refractivity contribution in [3.05, 3.63) is 203 Å². The second kappa shape index (κ2) is 17.6. The first-order valence-electron chi connectivity index (χ1n) is 25.8. The summed E-state index contributed by atoms with van der Waals surface area (Å²) in [5.74, 6) is 2.46. The molecule has 0 atom stereocenters. The van der Waals surface area contributed by atoms with E-state index in [0.29, 0.717) is 6.67 Å². The number of hydrogen-bond acceptors (Lipinski definition) is 4. The Bertz CT molecular complexity index is 3480. The predicted octanol–water partition coefficient (Wildman–Crippen LogP) is 18.4. The molecule has 5 heteroatoms. The molecule has 0 spiro atoms. The molecule has 0 unspecified atom stereocenters. The fourth-order valence-corrected chi connectivity index (χ4v) is 10.6. The van der Waals surface area contributed by atoms with E-state index >= 15 is 0 Å². The molecule has 2 aromatic heterocycles. The lowest BCUT2D eigenvalue weighted by molar-refractivity contribution is 0.479. The molecule has 5 nitrogen and oxygen atoms in total. The van der Waals surface area contributed by atoms with Crippen LogP contribution in [0.3, 0.4) is 0 Å². The van der Waals surface area contributed by atoms with E-state index in [1.165, 1.54) is 67.0 Å². The minimum atomic E-state index is -0.186. The Morgan fingerprint density at radius 2 is 1.01 bits per heavy atom. The van der Waals surface area contributed by atoms with Gasteiger partial charge in [0.2, 0.25) is 0 Å². The first-order valence-corrected chi connectivity index (χ1v) is 25.8. The van der Waals surface area contributed by atoms with Gasteiger partial charge < -0.3 is 14.5 Å². The first-order chi connectivity index (χ1) is 33.9. The van der Waals surface area contributed by atoms with Crippen LogP contribution in [0.5, 0.6) is 11.5 Å². The summed E-state index contributed by atoms with van der Waals surface area (Å²) in [7, 11) is 0. The number of anilines is 4. The lowest BCUT2D eigenvalue weighted by Gasteiger charge is -2.32. The van der Waals surface area contributed by atoms with Crippen molar-refractivity contribution >= 4 is 44.6 Å². The van der Waals surface area contributed by atoms with Crippen molar-refractivity contribution in [2.24, 2.45) is 0 Å². The molecule has 9 aromatic rings. The van der Waals surface area contributed by atoms with Gasteiger partial charge in [-0.1, -0.05) is 176 Å². The summed E-state index contributed by atoms with van der Waals surface area (Å²) in [5, 5.41) is 2.32. The monoisotopic (exact) mass is 949 g/mol. The van der Waals surface area contributed by atoms with Gasteiger partial charge in [-0.2, -0.15) is 0 Å². The molecule has 7 aromatic carbocycles. The van der Waals surface area contributed by atoms with E-state index in [2.05, 4.69) is 275 Å². The molecule has 0 radical (unpaired) electrons.